The van der Waals surface area contributed by atoms with Crippen molar-refractivity contribution >= 4 is 33.3 Å². The largest absolute Gasteiger partial charge is 0.385 e. The highest BCUT2D eigenvalue weighted by molar-refractivity contribution is 8.00. The molecule has 2 heterocycles. The SMILES string of the molecule is CCc1cc2c(=O)n(CCCOC)c(S[C@@H](C)C#N)nc2s1. The quantitative estimate of drug-likeness (QED) is 0.441. The topological polar surface area (TPSA) is 67.9 Å². The lowest BCUT2D eigenvalue weighted by molar-refractivity contribution is 0.189. The van der Waals surface area contributed by atoms with Crippen molar-refractivity contribution in [3.05, 3.63) is 21.3 Å². The number of fused-ring (bicyclic) bond motifs is 1. The highest BCUT2D eigenvalue weighted by Crippen LogP contribution is 2.26. The number of nitriles is 1. The summed E-state index contributed by atoms with van der Waals surface area (Å²) in [6.07, 6.45) is 1.63. The van der Waals surface area contributed by atoms with E-state index >= 15 is 0 Å². The molecule has 0 radical (unpaired) electrons. The summed E-state index contributed by atoms with van der Waals surface area (Å²) in [6, 6.07) is 4.11. The number of methoxy groups -OCH3 is 1. The van der Waals surface area contributed by atoms with Gasteiger partial charge in [0.2, 0.25) is 0 Å². The Morgan fingerprint density at radius 2 is 2.36 bits per heavy atom. The van der Waals surface area contributed by atoms with E-state index in [0.717, 1.165) is 22.5 Å². The predicted molar refractivity (Wildman–Crippen MR) is 90.7 cm³/mol. The minimum absolute atomic E-state index is 0.0234. The molecule has 0 saturated heterocycles. The number of rotatable bonds is 7. The molecule has 22 heavy (non-hydrogen) atoms. The van der Waals surface area contributed by atoms with Crippen molar-refractivity contribution in [2.75, 3.05) is 13.7 Å². The molecule has 0 spiro atoms. The van der Waals surface area contributed by atoms with Gasteiger partial charge in [-0.25, -0.2) is 4.98 Å². The van der Waals surface area contributed by atoms with Gasteiger partial charge in [0.15, 0.2) is 5.16 Å². The molecule has 0 fully saturated rings. The zero-order valence-corrected chi connectivity index (χ0v) is 14.6. The second-order valence-corrected chi connectivity index (χ2v) is 7.29. The summed E-state index contributed by atoms with van der Waals surface area (Å²) in [6.45, 7) is 5.02. The van der Waals surface area contributed by atoms with Gasteiger partial charge >= 0.3 is 0 Å². The van der Waals surface area contributed by atoms with E-state index in [2.05, 4.69) is 18.0 Å². The maximum Gasteiger partial charge on any atom is 0.262 e. The second kappa shape index (κ2) is 7.77. The van der Waals surface area contributed by atoms with Crippen LogP contribution in [0.4, 0.5) is 0 Å². The van der Waals surface area contributed by atoms with Crippen LogP contribution < -0.4 is 5.56 Å². The fourth-order valence-corrected chi connectivity index (χ4v) is 3.89. The van der Waals surface area contributed by atoms with Gasteiger partial charge in [-0.1, -0.05) is 18.7 Å². The van der Waals surface area contributed by atoms with Crippen molar-refractivity contribution in [1.29, 1.82) is 5.26 Å². The zero-order valence-electron chi connectivity index (χ0n) is 13.0. The van der Waals surface area contributed by atoms with E-state index in [1.807, 2.05) is 13.0 Å². The number of ether oxygens (including phenoxy) is 1. The molecule has 0 bridgehead atoms. The first-order valence-electron chi connectivity index (χ1n) is 7.19. The van der Waals surface area contributed by atoms with Crippen molar-refractivity contribution < 1.29 is 4.74 Å². The fraction of sp³-hybridized carbons (Fsp3) is 0.533. The average molecular weight is 337 g/mol. The first kappa shape index (κ1) is 17.0. The van der Waals surface area contributed by atoms with Gasteiger partial charge in [-0.15, -0.1) is 11.3 Å². The molecule has 118 valence electrons. The average Bonchev–Trinajstić information content (AvgIpc) is 2.93. The number of thiophene rings is 1. The summed E-state index contributed by atoms with van der Waals surface area (Å²) in [7, 11) is 1.64. The first-order chi connectivity index (χ1) is 10.6. The Morgan fingerprint density at radius 1 is 1.59 bits per heavy atom. The molecular weight excluding hydrogens is 318 g/mol. The lowest BCUT2D eigenvalue weighted by Gasteiger charge is -2.12. The highest BCUT2D eigenvalue weighted by Gasteiger charge is 2.16. The van der Waals surface area contributed by atoms with E-state index < -0.39 is 0 Å². The van der Waals surface area contributed by atoms with E-state index in [4.69, 9.17) is 10.00 Å². The van der Waals surface area contributed by atoms with Crippen molar-refractivity contribution in [3.8, 4) is 6.07 Å². The van der Waals surface area contributed by atoms with Crippen molar-refractivity contribution in [2.24, 2.45) is 0 Å². The molecule has 0 N–H and O–H groups in total. The lowest BCUT2D eigenvalue weighted by atomic mass is 10.3. The third-order valence-electron chi connectivity index (χ3n) is 3.21. The standard InChI is InChI=1S/C15H19N3O2S2/c1-4-11-8-12-13(22-11)17-15(21-10(2)9-16)18(14(12)19)6-5-7-20-3/h8,10H,4-7H2,1-3H3/t10-/m0/s1. The number of hydrogen-bond acceptors (Lipinski definition) is 6. The summed E-state index contributed by atoms with van der Waals surface area (Å²) in [5.41, 5.74) is -0.0234. The van der Waals surface area contributed by atoms with Crippen molar-refractivity contribution in [2.45, 2.75) is 43.6 Å². The van der Waals surface area contributed by atoms with Crippen LogP contribution in [0, 0.1) is 11.3 Å². The van der Waals surface area contributed by atoms with Gasteiger partial charge in [-0.2, -0.15) is 5.26 Å². The molecule has 5 nitrogen and oxygen atoms in total. The Balaban J connectivity index is 2.50. The van der Waals surface area contributed by atoms with Crippen LogP contribution in [0.15, 0.2) is 16.0 Å². The molecule has 0 aliphatic rings. The normalized spacial score (nSPS) is 12.5. The Morgan fingerprint density at radius 3 is 3.00 bits per heavy atom. The van der Waals surface area contributed by atoms with E-state index in [9.17, 15) is 4.79 Å². The molecule has 0 aromatic carbocycles. The molecule has 2 aromatic rings. The number of thioether (sulfide) groups is 1. The van der Waals surface area contributed by atoms with E-state index in [1.54, 1.807) is 23.0 Å². The molecule has 0 saturated carbocycles. The smallest absolute Gasteiger partial charge is 0.262 e. The summed E-state index contributed by atoms with van der Waals surface area (Å²) < 4.78 is 6.73. The molecule has 0 unspecified atom stereocenters. The third kappa shape index (κ3) is 3.69. The summed E-state index contributed by atoms with van der Waals surface area (Å²) >= 11 is 2.88. The van der Waals surface area contributed by atoms with Gasteiger partial charge in [0.05, 0.1) is 16.7 Å². The van der Waals surface area contributed by atoms with Gasteiger partial charge in [0.1, 0.15) is 4.83 Å². The summed E-state index contributed by atoms with van der Waals surface area (Å²) in [5.74, 6) is 0. The van der Waals surface area contributed by atoms with Crippen LogP contribution in [0.5, 0.6) is 0 Å². The Kier molecular flexibility index (Phi) is 6.00. The third-order valence-corrected chi connectivity index (χ3v) is 5.36. The fourth-order valence-electron chi connectivity index (χ4n) is 2.06. The molecule has 0 aliphatic carbocycles. The summed E-state index contributed by atoms with van der Waals surface area (Å²) in [4.78, 5) is 19.3. The lowest BCUT2D eigenvalue weighted by Crippen LogP contribution is -2.24. The summed E-state index contributed by atoms with van der Waals surface area (Å²) in [5, 5.41) is 10.1. The molecule has 2 aromatic heterocycles. The number of aromatic nitrogens is 2. The number of hydrogen-bond donors (Lipinski definition) is 0. The zero-order chi connectivity index (χ0) is 16.1. The van der Waals surface area contributed by atoms with Crippen LogP contribution in [0.25, 0.3) is 10.2 Å². The Bertz CT molecular complexity index is 746. The predicted octanol–water partition coefficient (Wildman–Crippen LogP) is 3.06. The van der Waals surface area contributed by atoms with E-state index in [0.29, 0.717) is 23.7 Å². The van der Waals surface area contributed by atoms with E-state index in [-0.39, 0.29) is 10.8 Å². The molecule has 1 atom stereocenters. The van der Waals surface area contributed by atoms with Crippen LogP contribution in [0.1, 0.15) is 25.1 Å². The van der Waals surface area contributed by atoms with Gasteiger partial charge < -0.3 is 4.74 Å². The van der Waals surface area contributed by atoms with Gasteiger partial charge in [-0.05, 0) is 25.8 Å². The second-order valence-electron chi connectivity index (χ2n) is 4.87. The van der Waals surface area contributed by atoms with Crippen LogP contribution in [-0.4, -0.2) is 28.5 Å². The highest BCUT2D eigenvalue weighted by atomic mass is 32.2. The van der Waals surface area contributed by atoms with Crippen LogP contribution >= 0.6 is 23.1 Å². The number of aryl methyl sites for hydroxylation is 1. The monoisotopic (exact) mass is 337 g/mol. The van der Waals surface area contributed by atoms with Crippen LogP contribution in [-0.2, 0) is 17.7 Å². The Labute approximate surface area is 137 Å². The van der Waals surface area contributed by atoms with Crippen molar-refractivity contribution in [3.63, 3.8) is 0 Å². The minimum atomic E-state index is -0.247. The molecule has 0 aliphatic heterocycles. The van der Waals surface area contributed by atoms with Gasteiger partial charge in [-0.3, -0.25) is 9.36 Å². The minimum Gasteiger partial charge on any atom is -0.385 e. The van der Waals surface area contributed by atoms with E-state index in [1.165, 1.54) is 11.8 Å². The number of nitrogens with zero attached hydrogens (tertiary/aromatic N) is 3. The van der Waals surface area contributed by atoms with Gasteiger partial charge in [0, 0.05) is 25.1 Å². The van der Waals surface area contributed by atoms with Crippen LogP contribution in [0.2, 0.25) is 0 Å². The maximum atomic E-state index is 12.7. The first-order valence-corrected chi connectivity index (χ1v) is 8.88. The van der Waals surface area contributed by atoms with Crippen LogP contribution in [0.3, 0.4) is 0 Å². The molecule has 0 amide bonds. The van der Waals surface area contributed by atoms with Gasteiger partial charge in [0.25, 0.3) is 5.56 Å². The Hall–Kier alpha value is -1.36. The molecule has 2 rings (SSSR count). The maximum absolute atomic E-state index is 12.7. The van der Waals surface area contributed by atoms with Crippen molar-refractivity contribution in [1.82, 2.24) is 9.55 Å². The molecule has 7 heteroatoms. The molecular formula is C15H19N3O2S2.